The van der Waals surface area contributed by atoms with Crippen molar-refractivity contribution in [1.29, 1.82) is 0 Å². The number of ether oxygens (including phenoxy) is 1. The summed E-state index contributed by atoms with van der Waals surface area (Å²) in [7, 11) is 0. The number of nitrogens with two attached hydrogens (primary N) is 1. The molecule has 4 heteroatoms. The minimum Gasteiger partial charge on any atom is -0.494 e. The first-order valence-corrected chi connectivity index (χ1v) is 5.92. The molecule has 0 aliphatic carbocycles. The highest BCUT2D eigenvalue weighted by atomic mass is 16.5. The van der Waals surface area contributed by atoms with Crippen molar-refractivity contribution in [3.63, 3.8) is 0 Å². The van der Waals surface area contributed by atoms with Crippen molar-refractivity contribution in [1.82, 2.24) is 4.98 Å². The lowest BCUT2D eigenvalue weighted by Gasteiger charge is -2.06. The minimum atomic E-state index is -0.265. The third-order valence-electron chi connectivity index (χ3n) is 2.58. The minimum absolute atomic E-state index is 0.224. The Labute approximate surface area is 105 Å². The summed E-state index contributed by atoms with van der Waals surface area (Å²) in [5.41, 5.74) is 7.11. The van der Waals surface area contributed by atoms with Gasteiger partial charge in [0.15, 0.2) is 0 Å². The monoisotopic (exact) mass is 244 g/mol. The number of nitrogens with one attached hydrogen (secondary N) is 1. The van der Waals surface area contributed by atoms with E-state index in [0.29, 0.717) is 6.61 Å². The van der Waals surface area contributed by atoms with Crippen molar-refractivity contribution in [2.45, 2.75) is 13.3 Å². The average molecular weight is 244 g/mol. The van der Waals surface area contributed by atoms with Crippen molar-refractivity contribution in [3.8, 4) is 17.0 Å². The molecule has 4 nitrogen and oxygen atoms in total. The quantitative estimate of drug-likeness (QED) is 0.867. The number of benzene rings is 1. The van der Waals surface area contributed by atoms with Gasteiger partial charge in [-0.2, -0.15) is 0 Å². The second kappa shape index (κ2) is 5.40. The number of hydrogen-bond donors (Lipinski definition) is 2. The van der Waals surface area contributed by atoms with E-state index in [0.717, 1.165) is 23.4 Å². The van der Waals surface area contributed by atoms with Gasteiger partial charge in [-0.3, -0.25) is 4.79 Å². The molecule has 0 bridgehead atoms. The van der Waals surface area contributed by atoms with E-state index >= 15 is 0 Å². The van der Waals surface area contributed by atoms with Crippen LogP contribution in [-0.2, 0) is 0 Å². The molecule has 0 atom stereocenters. The molecule has 0 saturated heterocycles. The zero-order chi connectivity index (χ0) is 13.0. The van der Waals surface area contributed by atoms with Crippen molar-refractivity contribution in [2.75, 3.05) is 12.3 Å². The molecule has 0 aliphatic heterocycles. The molecule has 1 aromatic heterocycles. The highest BCUT2D eigenvalue weighted by Gasteiger charge is 2.01. The summed E-state index contributed by atoms with van der Waals surface area (Å²) in [5.74, 6) is 0.832. The van der Waals surface area contributed by atoms with E-state index in [1.165, 1.54) is 0 Å². The summed E-state index contributed by atoms with van der Waals surface area (Å²) in [6, 6.07) is 11.0. The molecule has 0 unspecified atom stereocenters. The second-order valence-electron chi connectivity index (χ2n) is 4.03. The van der Waals surface area contributed by atoms with E-state index in [-0.39, 0.29) is 11.2 Å². The molecule has 2 aromatic rings. The predicted octanol–water partition coefficient (Wildman–Crippen LogP) is 2.41. The van der Waals surface area contributed by atoms with Gasteiger partial charge in [0.25, 0.3) is 5.56 Å². The third kappa shape index (κ3) is 2.71. The Morgan fingerprint density at radius 3 is 2.50 bits per heavy atom. The topological polar surface area (TPSA) is 68.1 Å². The van der Waals surface area contributed by atoms with E-state index in [4.69, 9.17) is 10.5 Å². The molecule has 18 heavy (non-hydrogen) atoms. The average Bonchev–Trinajstić information content (AvgIpc) is 2.40. The normalized spacial score (nSPS) is 10.3. The second-order valence-corrected chi connectivity index (χ2v) is 4.03. The van der Waals surface area contributed by atoms with E-state index in [1.807, 2.05) is 24.3 Å². The number of H-pyrrole nitrogens is 1. The number of hydrogen-bond acceptors (Lipinski definition) is 3. The number of aromatic nitrogens is 1. The van der Waals surface area contributed by atoms with Gasteiger partial charge in [-0.15, -0.1) is 0 Å². The standard InChI is InChI=1S/C14H16N2O2/c1-2-9-18-11-5-3-10(4-6-11)13-8-7-12(15)14(17)16-13/h3-8H,2,9,15H2,1H3,(H,16,17). The SMILES string of the molecule is CCCOc1ccc(-c2ccc(N)c(=O)[nH]2)cc1. The fourth-order valence-corrected chi connectivity index (χ4v) is 1.60. The first kappa shape index (κ1) is 12.2. The summed E-state index contributed by atoms with van der Waals surface area (Å²) >= 11 is 0. The van der Waals surface area contributed by atoms with E-state index in [9.17, 15) is 4.79 Å². The van der Waals surface area contributed by atoms with Crippen LogP contribution in [0.4, 0.5) is 5.69 Å². The van der Waals surface area contributed by atoms with Crippen LogP contribution in [0.2, 0.25) is 0 Å². The Morgan fingerprint density at radius 1 is 1.17 bits per heavy atom. The zero-order valence-electron chi connectivity index (χ0n) is 10.3. The largest absolute Gasteiger partial charge is 0.494 e. The molecule has 1 aromatic carbocycles. The Kier molecular flexibility index (Phi) is 3.67. The molecule has 0 radical (unpaired) electrons. The van der Waals surface area contributed by atoms with E-state index < -0.39 is 0 Å². The van der Waals surface area contributed by atoms with Gasteiger partial charge >= 0.3 is 0 Å². The lowest BCUT2D eigenvalue weighted by molar-refractivity contribution is 0.317. The van der Waals surface area contributed by atoms with Crippen LogP contribution < -0.4 is 16.0 Å². The van der Waals surface area contributed by atoms with Gasteiger partial charge < -0.3 is 15.5 Å². The summed E-state index contributed by atoms with van der Waals surface area (Å²) < 4.78 is 5.50. The van der Waals surface area contributed by atoms with Gasteiger partial charge in [0.05, 0.1) is 12.3 Å². The van der Waals surface area contributed by atoms with Crippen LogP contribution in [0.25, 0.3) is 11.3 Å². The fraction of sp³-hybridized carbons (Fsp3) is 0.214. The molecule has 2 rings (SSSR count). The highest BCUT2D eigenvalue weighted by Crippen LogP contribution is 2.20. The van der Waals surface area contributed by atoms with Gasteiger partial charge in [-0.25, -0.2) is 0 Å². The molecule has 0 amide bonds. The molecule has 1 heterocycles. The molecule has 0 saturated carbocycles. The summed E-state index contributed by atoms with van der Waals surface area (Å²) in [5, 5.41) is 0. The molecular formula is C14H16N2O2. The fourth-order valence-electron chi connectivity index (χ4n) is 1.60. The van der Waals surface area contributed by atoms with Gasteiger partial charge in [0.2, 0.25) is 0 Å². The van der Waals surface area contributed by atoms with Gasteiger partial charge in [-0.1, -0.05) is 6.92 Å². The van der Waals surface area contributed by atoms with Gasteiger partial charge in [0, 0.05) is 5.69 Å². The summed E-state index contributed by atoms with van der Waals surface area (Å²) in [6.45, 7) is 2.77. The first-order valence-electron chi connectivity index (χ1n) is 5.92. The maximum atomic E-state index is 11.4. The number of anilines is 1. The van der Waals surface area contributed by atoms with Crippen molar-refractivity contribution < 1.29 is 4.74 Å². The maximum Gasteiger partial charge on any atom is 0.271 e. The number of rotatable bonds is 4. The predicted molar refractivity (Wildman–Crippen MR) is 72.7 cm³/mol. The Hall–Kier alpha value is -2.23. The first-order chi connectivity index (χ1) is 8.70. The Morgan fingerprint density at radius 2 is 1.89 bits per heavy atom. The van der Waals surface area contributed by atoms with Crippen LogP contribution >= 0.6 is 0 Å². The van der Waals surface area contributed by atoms with Crippen LogP contribution in [0, 0.1) is 0 Å². The van der Waals surface area contributed by atoms with Crippen molar-refractivity contribution in [3.05, 3.63) is 46.8 Å². The Balaban J connectivity index is 2.23. The molecular weight excluding hydrogens is 228 g/mol. The van der Waals surface area contributed by atoms with Crippen LogP contribution in [-0.4, -0.2) is 11.6 Å². The van der Waals surface area contributed by atoms with Crippen LogP contribution in [0.15, 0.2) is 41.2 Å². The summed E-state index contributed by atoms with van der Waals surface area (Å²) in [4.78, 5) is 14.1. The molecule has 0 fully saturated rings. The van der Waals surface area contributed by atoms with Crippen LogP contribution in [0.5, 0.6) is 5.75 Å². The molecule has 0 spiro atoms. The van der Waals surface area contributed by atoms with E-state index in [2.05, 4.69) is 11.9 Å². The van der Waals surface area contributed by atoms with Gasteiger partial charge in [-0.05, 0) is 48.4 Å². The molecule has 94 valence electrons. The van der Waals surface area contributed by atoms with Crippen LogP contribution in [0.3, 0.4) is 0 Å². The van der Waals surface area contributed by atoms with Crippen molar-refractivity contribution >= 4 is 5.69 Å². The lowest BCUT2D eigenvalue weighted by atomic mass is 10.1. The van der Waals surface area contributed by atoms with E-state index in [1.54, 1.807) is 12.1 Å². The van der Waals surface area contributed by atoms with Crippen molar-refractivity contribution in [2.24, 2.45) is 0 Å². The van der Waals surface area contributed by atoms with Crippen LogP contribution in [0.1, 0.15) is 13.3 Å². The third-order valence-corrected chi connectivity index (χ3v) is 2.58. The van der Waals surface area contributed by atoms with Gasteiger partial charge in [0.1, 0.15) is 5.75 Å². The molecule has 3 N–H and O–H groups in total. The number of aromatic amines is 1. The maximum absolute atomic E-state index is 11.4. The Bertz CT molecular complexity index is 573. The lowest BCUT2D eigenvalue weighted by Crippen LogP contribution is -2.11. The number of pyridine rings is 1. The highest BCUT2D eigenvalue weighted by molar-refractivity contribution is 5.61. The smallest absolute Gasteiger partial charge is 0.271 e. The summed E-state index contributed by atoms with van der Waals surface area (Å²) in [6.07, 6.45) is 0.979. The number of nitrogen functional groups attached to an aromatic ring is 1. The zero-order valence-corrected chi connectivity index (χ0v) is 10.3. The molecule has 0 aliphatic rings.